The van der Waals surface area contributed by atoms with Gasteiger partial charge in [0.15, 0.2) is 0 Å². The Morgan fingerprint density at radius 1 is 0.500 bits per heavy atom. The molecule has 7 rings (SSSR count). The van der Waals surface area contributed by atoms with E-state index in [9.17, 15) is 0 Å². The Morgan fingerprint density at radius 3 is 1.76 bits per heavy atom. The Kier molecular flexibility index (Phi) is 5.60. The molecule has 0 spiro atoms. The van der Waals surface area contributed by atoms with Crippen LogP contribution in [0.4, 0.5) is 0 Å². The molecule has 0 aliphatic heterocycles. The van der Waals surface area contributed by atoms with Crippen molar-refractivity contribution < 1.29 is 0 Å². The van der Waals surface area contributed by atoms with Crippen LogP contribution in [0, 0.1) is 0 Å². The van der Waals surface area contributed by atoms with Crippen LogP contribution in [0.5, 0.6) is 0 Å². The van der Waals surface area contributed by atoms with Crippen molar-refractivity contribution in [1.82, 2.24) is 14.5 Å². The lowest BCUT2D eigenvalue weighted by Crippen LogP contribution is -1.94. The van der Waals surface area contributed by atoms with E-state index in [2.05, 4.69) is 115 Å². The second-order valence-electron chi connectivity index (χ2n) is 9.26. The van der Waals surface area contributed by atoms with Gasteiger partial charge in [-0.2, -0.15) is 0 Å². The van der Waals surface area contributed by atoms with E-state index in [1.165, 1.54) is 21.8 Å². The standard InChI is InChI=1S/C34H22BrN3/c35-29-9-7-13-33-34(29)28-8-1-2-12-32(28)38(33)27-16-14-23(15-17-27)24-20-25(30-10-3-5-18-36-30)22-26(21-24)31-11-4-6-19-37-31/h1-22H. The third-order valence-corrected chi connectivity index (χ3v) is 7.62. The van der Waals surface area contributed by atoms with E-state index in [4.69, 9.17) is 0 Å². The molecule has 0 radical (unpaired) electrons. The summed E-state index contributed by atoms with van der Waals surface area (Å²) in [4.78, 5) is 9.21. The fourth-order valence-corrected chi connectivity index (χ4v) is 5.78. The van der Waals surface area contributed by atoms with Gasteiger partial charge in [-0.1, -0.05) is 64.5 Å². The third kappa shape index (κ3) is 3.90. The first-order chi connectivity index (χ1) is 18.8. The van der Waals surface area contributed by atoms with Gasteiger partial charge in [0.1, 0.15) is 0 Å². The molecular weight excluding hydrogens is 530 g/mol. The minimum absolute atomic E-state index is 0.944. The van der Waals surface area contributed by atoms with Gasteiger partial charge in [-0.3, -0.25) is 9.97 Å². The van der Waals surface area contributed by atoms with Gasteiger partial charge in [-0.15, -0.1) is 0 Å². The maximum Gasteiger partial charge on any atom is 0.0702 e. The van der Waals surface area contributed by atoms with E-state index in [-0.39, 0.29) is 0 Å². The van der Waals surface area contributed by atoms with Gasteiger partial charge in [-0.05, 0) is 83.9 Å². The summed E-state index contributed by atoms with van der Waals surface area (Å²) < 4.78 is 3.44. The van der Waals surface area contributed by atoms with Gasteiger partial charge in [-0.25, -0.2) is 0 Å². The van der Waals surface area contributed by atoms with Crippen LogP contribution in [0.1, 0.15) is 0 Å². The molecule has 0 N–H and O–H groups in total. The number of pyridine rings is 2. The molecule has 38 heavy (non-hydrogen) atoms. The summed E-state index contributed by atoms with van der Waals surface area (Å²) in [7, 11) is 0. The maximum absolute atomic E-state index is 4.60. The van der Waals surface area contributed by atoms with Crippen LogP contribution in [0.25, 0.3) is 61.1 Å². The number of halogens is 1. The summed E-state index contributed by atoms with van der Waals surface area (Å²) >= 11 is 3.77. The average molecular weight is 552 g/mol. The Hall–Kier alpha value is -4.54. The fraction of sp³-hybridized carbons (Fsp3) is 0. The zero-order chi connectivity index (χ0) is 25.5. The van der Waals surface area contributed by atoms with Crippen LogP contribution >= 0.6 is 15.9 Å². The number of benzene rings is 4. The Labute approximate surface area is 229 Å². The largest absolute Gasteiger partial charge is 0.309 e. The highest BCUT2D eigenvalue weighted by molar-refractivity contribution is 9.10. The van der Waals surface area contributed by atoms with E-state index < -0.39 is 0 Å². The number of hydrogen-bond acceptors (Lipinski definition) is 2. The maximum atomic E-state index is 4.60. The van der Waals surface area contributed by atoms with Crippen molar-refractivity contribution in [2.45, 2.75) is 0 Å². The molecular formula is C34H22BrN3. The second-order valence-corrected chi connectivity index (χ2v) is 10.1. The molecule has 0 fully saturated rings. The average Bonchev–Trinajstić information content (AvgIpc) is 3.33. The van der Waals surface area contributed by atoms with Crippen molar-refractivity contribution in [3.8, 4) is 39.3 Å². The highest BCUT2D eigenvalue weighted by atomic mass is 79.9. The van der Waals surface area contributed by atoms with Crippen LogP contribution in [-0.4, -0.2) is 14.5 Å². The van der Waals surface area contributed by atoms with E-state index in [1.54, 1.807) is 0 Å². The molecule has 0 aliphatic carbocycles. The lowest BCUT2D eigenvalue weighted by atomic mass is 9.96. The van der Waals surface area contributed by atoms with Crippen molar-refractivity contribution in [3.05, 3.63) is 138 Å². The van der Waals surface area contributed by atoms with Crippen LogP contribution in [-0.2, 0) is 0 Å². The first-order valence-corrected chi connectivity index (χ1v) is 13.3. The van der Waals surface area contributed by atoms with Crippen molar-refractivity contribution >= 4 is 37.7 Å². The van der Waals surface area contributed by atoms with Gasteiger partial charge in [0, 0.05) is 44.5 Å². The first kappa shape index (κ1) is 22.6. The summed E-state index contributed by atoms with van der Waals surface area (Å²) in [6.45, 7) is 0. The Bertz CT molecular complexity index is 1850. The predicted molar refractivity (Wildman–Crippen MR) is 160 cm³/mol. The molecule has 7 aromatic rings. The Morgan fingerprint density at radius 2 is 1.11 bits per heavy atom. The summed E-state index contributed by atoms with van der Waals surface area (Å²) in [6.07, 6.45) is 3.67. The predicted octanol–water partition coefficient (Wildman–Crippen LogP) is 9.34. The topological polar surface area (TPSA) is 30.7 Å². The zero-order valence-corrected chi connectivity index (χ0v) is 22.0. The molecule has 180 valence electrons. The normalized spacial score (nSPS) is 11.3. The van der Waals surface area contributed by atoms with E-state index >= 15 is 0 Å². The third-order valence-electron chi connectivity index (χ3n) is 6.96. The molecule has 0 atom stereocenters. The number of para-hydroxylation sites is 1. The van der Waals surface area contributed by atoms with Crippen LogP contribution in [0.2, 0.25) is 0 Å². The number of aromatic nitrogens is 3. The smallest absolute Gasteiger partial charge is 0.0702 e. The van der Waals surface area contributed by atoms with Gasteiger partial charge in [0.2, 0.25) is 0 Å². The SMILES string of the molecule is Brc1cccc2c1c1ccccc1n2-c1ccc(-c2cc(-c3ccccn3)cc(-c3ccccn3)c2)cc1. The lowest BCUT2D eigenvalue weighted by Gasteiger charge is -2.12. The highest BCUT2D eigenvalue weighted by Crippen LogP contribution is 2.37. The van der Waals surface area contributed by atoms with Crippen LogP contribution in [0.3, 0.4) is 0 Å². The van der Waals surface area contributed by atoms with Gasteiger partial charge >= 0.3 is 0 Å². The van der Waals surface area contributed by atoms with Crippen LogP contribution < -0.4 is 0 Å². The molecule has 0 saturated carbocycles. The summed E-state index contributed by atoms with van der Waals surface area (Å²) in [6, 6.07) is 42.4. The Balaban J connectivity index is 1.37. The second kappa shape index (κ2) is 9.40. The van der Waals surface area contributed by atoms with Crippen molar-refractivity contribution in [2.75, 3.05) is 0 Å². The highest BCUT2D eigenvalue weighted by Gasteiger charge is 2.14. The monoisotopic (exact) mass is 551 g/mol. The fourth-order valence-electron chi connectivity index (χ4n) is 5.21. The van der Waals surface area contributed by atoms with Crippen molar-refractivity contribution in [1.29, 1.82) is 0 Å². The summed E-state index contributed by atoms with van der Waals surface area (Å²) in [5.41, 5.74) is 9.80. The van der Waals surface area contributed by atoms with E-state index in [1.807, 2.05) is 48.8 Å². The molecule has 3 heterocycles. The molecule has 0 amide bonds. The van der Waals surface area contributed by atoms with Crippen LogP contribution in [0.15, 0.2) is 138 Å². The molecule has 0 saturated heterocycles. The molecule has 3 aromatic heterocycles. The quantitative estimate of drug-likeness (QED) is 0.218. The minimum atomic E-state index is 0.944. The molecule has 3 nitrogen and oxygen atoms in total. The number of fused-ring (bicyclic) bond motifs is 3. The summed E-state index contributed by atoms with van der Waals surface area (Å²) in [5.74, 6) is 0. The zero-order valence-electron chi connectivity index (χ0n) is 20.4. The molecule has 0 bridgehead atoms. The molecule has 4 heteroatoms. The number of hydrogen-bond donors (Lipinski definition) is 0. The molecule has 0 unspecified atom stereocenters. The van der Waals surface area contributed by atoms with E-state index in [0.717, 1.165) is 43.8 Å². The number of rotatable bonds is 4. The van der Waals surface area contributed by atoms with Crippen molar-refractivity contribution in [2.24, 2.45) is 0 Å². The first-order valence-electron chi connectivity index (χ1n) is 12.5. The molecule has 4 aromatic carbocycles. The lowest BCUT2D eigenvalue weighted by molar-refractivity contribution is 1.18. The van der Waals surface area contributed by atoms with Gasteiger partial charge in [0.05, 0.1) is 22.4 Å². The van der Waals surface area contributed by atoms with E-state index in [0.29, 0.717) is 0 Å². The van der Waals surface area contributed by atoms with Gasteiger partial charge in [0.25, 0.3) is 0 Å². The number of nitrogens with zero attached hydrogens (tertiary/aromatic N) is 3. The summed E-state index contributed by atoms with van der Waals surface area (Å²) in [5, 5.41) is 2.47. The minimum Gasteiger partial charge on any atom is -0.309 e. The van der Waals surface area contributed by atoms with Crippen molar-refractivity contribution in [3.63, 3.8) is 0 Å². The molecule has 0 aliphatic rings. The van der Waals surface area contributed by atoms with Gasteiger partial charge < -0.3 is 4.57 Å².